The van der Waals surface area contributed by atoms with E-state index in [2.05, 4.69) is 20.4 Å². The molecule has 4 rings (SSSR count). The Morgan fingerprint density at radius 2 is 1.79 bits per heavy atom. The molecule has 1 saturated heterocycles. The van der Waals surface area contributed by atoms with Crippen LogP contribution in [0.2, 0.25) is 0 Å². The zero-order valence-electron chi connectivity index (χ0n) is 15.7. The highest BCUT2D eigenvalue weighted by Gasteiger charge is 2.13. The third-order valence-corrected chi connectivity index (χ3v) is 5.56. The number of aryl methyl sites for hydroxylation is 1. The summed E-state index contributed by atoms with van der Waals surface area (Å²) in [5, 5.41) is 12.4. The third-order valence-electron chi connectivity index (χ3n) is 4.67. The van der Waals surface area contributed by atoms with E-state index in [1.165, 1.54) is 22.5 Å². The molecule has 0 saturated carbocycles. The highest BCUT2D eigenvalue weighted by atomic mass is 32.1. The number of amides is 1. The summed E-state index contributed by atoms with van der Waals surface area (Å²) < 4.78 is 5.38. The molecule has 1 aromatic heterocycles. The van der Waals surface area contributed by atoms with E-state index < -0.39 is 0 Å². The van der Waals surface area contributed by atoms with Crippen molar-refractivity contribution in [3.63, 3.8) is 0 Å². The maximum atomic E-state index is 12.5. The van der Waals surface area contributed by atoms with Gasteiger partial charge in [0, 0.05) is 30.8 Å². The maximum Gasteiger partial charge on any atom is 0.257 e. The molecule has 28 heavy (non-hydrogen) atoms. The number of ether oxygens (including phenoxy) is 1. The number of hydrogen-bond acceptors (Lipinski definition) is 6. The molecule has 0 bridgehead atoms. The third kappa shape index (κ3) is 4.62. The molecule has 1 aliphatic rings. The number of carbonyl (C=O) groups excluding carboxylic acids is 1. The van der Waals surface area contributed by atoms with Crippen LogP contribution in [0.15, 0.2) is 48.5 Å². The second-order valence-corrected chi connectivity index (χ2v) is 7.80. The molecule has 3 aromatic rings. The molecule has 0 unspecified atom stereocenters. The first-order valence-electron chi connectivity index (χ1n) is 9.28. The average Bonchev–Trinajstić information content (AvgIpc) is 3.18. The Balaban J connectivity index is 1.37. The van der Waals surface area contributed by atoms with Gasteiger partial charge < -0.3 is 4.74 Å². The second-order valence-electron chi connectivity index (χ2n) is 6.82. The van der Waals surface area contributed by atoms with Crippen LogP contribution >= 0.6 is 11.3 Å². The minimum Gasteiger partial charge on any atom is -0.379 e. The molecule has 0 radical (unpaired) electrons. The molecule has 0 spiro atoms. The second kappa shape index (κ2) is 8.60. The predicted molar refractivity (Wildman–Crippen MR) is 111 cm³/mol. The summed E-state index contributed by atoms with van der Waals surface area (Å²) in [5.74, 6) is -0.176. The lowest BCUT2D eigenvalue weighted by Crippen LogP contribution is -2.35. The van der Waals surface area contributed by atoms with E-state index in [0.29, 0.717) is 10.7 Å². The Labute approximate surface area is 168 Å². The lowest BCUT2D eigenvalue weighted by atomic mass is 10.1. The Morgan fingerprint density at radius 3 is 2.50 bits per heavy atom. The van der Waals surface area contributed by atoms with Gasteiger partial charge in [0.05, 0.1) is 13.2 Å². The fraction of sp³-hybridized carbons (Fsp3) is 0.286. The summed E-state index contributed by atoms with van der Waals surface area (Å²) in [7, 11) is 0. The number of aromatic nitrogens is 2. The number of morpholine rings is 1. The largest absolute Gasteiger partial charge is 0.379 e. The topological polar surface area (TPSA) is 67.4 Å². The van der Waals surface area contributed by atoms with Crippen LogP contribution < -0.4 is 5.32 Å². The van der Waals surface area contributed by atoms with Gasteiger partial charge in [-0.05, 0) is 24.6 Å². The Hall–Kier alpha value is -2.61. The van der Waals surface area contributed by atoms with Crippen LogP contribution in [0.3, 0.4) is 0 Å². The van der Waals surface area contributed by atoms with E-state index in [1.807, 2.05) is 55.5 Å². The molecule has 0 atom stereocenters. The molecule has 2 heterocycles. The molecule has 6 nitrogen and oxygen atoms in total. The quantitative estimate of drug-likeness (QED) is 0.716. The molecular weight excluding hydrogens is 372 g/mol. The van der Waals surface area contributed by atoms with Gasteiger partial charge in [-0.15, -0.1) is 10.2 Å². The van der Waals surface area contributed by atoms with Gasteiger partial charge in [0.25, 0.3) is 5.91 Å². The highest BCUT2D eigenvalue weighted by Crippen LogP contribution is 2.26. The van der Waals surface area contributed by atoms with Gasteiger partial charge in [-0.2, -0.15) is 0 Å². The lowest BCUT2D eigenvalue weighted by molar-refractivity contribution is 0.0342. The standard InChI is InChI=1S/C21H22N4O2S/c1-15-2-6-18(7-3-15)20-23-24-21(28-20)22-19(26)17-8-4-16(5-9-17)14-25-10-12-27-13-11-25/h2-9H,10-14H2,1H3,(H,22,24,26). The van der Waals surface area contributed by atoms with Crippen LogP contribution in [-0.4, -0.2) is 47.3 Å². The van der Waals surface area contributed by atoms with Crippen LogP contribution in [0.4, 0.5) is 5.13 Å². The zero-order valence-corrected chi connectivity index (χ0v) is 16.5. The van der Waals surface area contributed by atoms with Crippen molar-refractivity contribution in [2.24, 2.45) is 0 Å². The fourth-order valence-electron chi connectivity index (χ4n) is 3.03. The van der Waals surface area contributed by atoms with Crippen molar-refractivity contribution in [2.45, 2.75) is 13.5 Å². The summed E-state index contributed by atoms with van der Waals surface area (Å²) >= 11 is 1.37. The Kier molecular flexibility index (Phi) is 5.76. The molecule has 144 valence electrons. The molecule has 1 aliphatic heterocycles. The number of hydrogen-bond donors (Lipinski definition) is 1. The predicted octanol–water partition coefficient (Wildman–Crippen LogP) is 3.60. The van der Waals surface area contributed by atoms with Crippen LogP contribution in [0, 0.1) is 6.92 Å². The van der Waals surface area contributed by atoms with E-state index >= 15 is 0 Å². The summed E-state index contributed by atoms with van der Waals surface area (Å²) in [5.41, 5.74) is 3.99. The SMILES string of the molecule is Cc1ccc(-c2nnc(NC(=O)c3ccc(CN4CCOCC4)cc3)s2)cc1. The molecule has 1 fully saturated rings. The van der Waals surface area contributed by atoms with Crippen molar-refractivity contribution >= 4 is 22.4 Å². The number of nitrogens with zero attached hydrogens (tertiary/aromatic N) is 3. The zero-order chi connectivity index (χ0) is 19.3. The molecule has 1 N–H and O–H groups in total. The van der Waals surface area contributed by atoms with Gasteiger partial charge in [-0.3, -0.25) is 15.0 Å². The van der Waals surface area contributed by atoms with Gasteiger partial charge in [0.15, 0.2) is 0 Å². The molecule has 2 aromatic carbocycles. The van der Waals surface area contributed by atoms with Crippen LogP contribution in [0.25, 0.3) is 10.6 Å². The van der Waals surface area contributed by atoms with E-state index in [4.69, 9.17) is 4.74 Å². The normalized spacial score (nSPS) is 14.8. The van der Waals surface area contributed by atoms with Gasteiger partial charge >= 0.3 is 0 Å². The monoisotopic (exact) mass is 394 g/mol. The van der Waals surface area contributed by atoms with Gasteiger partial charge in [0.2, 0.25) is 5.13 Å². The number of benzene rings is 2. The Morgan fingerprint density at radius 1 is 1.07 bits per heavy atom. The first-order valence-corrected chi connectivity index (χ1v) is 10.1. The van der Waals surface area contributed by atoms with E-state index in [-0.39, 0.29) is 5.91 Å². The minimum absolute atomic E-state index is 0.176. The number of nitrogens with one attached hydrogen (secondary N) is 1. The summed E-state index contributed by atoms with van der Waals surface area (Å²) in [6.07, 6.45) is 0. The molecule has 0 aliphatic carbocycles. The fourth-order valence-corrected chi connectivity index (χ4v) is 3.78. The van der Waals surface area contributed by atoms with E-state index in [0.717, 1.165) is 43.4 Å². The van der Waals surface area contributed by atoms with Gasteiger partial charge in [-0.25, -0.2) is 0 Å². The van der Waals surface area contributed by atoms with Crippen molar-refractivity contribution in [1.82, 2.24) is 15.1 Å². The lowest BCUT2D eigenvalue weighted by Gasteiger charge is -2.26. The van der Waals surface area contributed by atoms with Crippen molar-refractivity contribution in [1.29, 1.82) is 0 Å². The summed E-state index contributed by atoms with van der Waals surface area (Å²) in [6.45, 7) is 6.38. The number of rotatable bonds is 5. The number of anilines is 1. The van der Waals surface area contributed by atoms with Gasteiger partial charge in [-0.1, -0.05) is 53.3 Å². The summed E-state index contributed by atoms with van der Waals surface area (Å²) in [4.78, 5) is 14.9. The molecule has 7 heteroatoms. The average molecular weight is 395 g/mol. The van der Waals surface area contributed by atoms with Crippen LogP contribution in [0.5, 0.6) is 0 Å². The highest BCUT2D eigenvalue weighted by molar-refractivity contribution is 7.18. The first-order chi connectivity index (χ1) is 13.7. The first kappa shape index (κ1) is 18.7. The van der Waals surface area contributed by atoms with E-state index in [9.17, 15) is 4.79 Å². The van der Waals surface area contributed by atoms with Crippen molar-refractivity contribution in [3.8, 4) is 10.6 Å². The smallest absolute Gasteiger partial charge is 0.257 e. The minimum atomic E-state index is -0.176. The van der Waals surface area contributed by atoms with E-state index in [1.54, 1.807) is 0 Å². The molecular formula is C21H22N4O2S. The number of carbonyl (C=O) groups is 1. The van der Waals surface area contributed by atoms with Crippen molar-refractivity contribution in [2.75, 3.05) is 31.6 Å². The van der Waals surface area contributed by atoms with Crippen molar-refractivity contribution < 1.29 is 9.53 Å². The van der Waals surface area contributed by atoms with Gasteiger partial charge in [0.1, 0.15) is 5.01 Å². The van der Waals surface area contributed by atoms with Crippen LogP contribution in [0.1, 0.15) is 21.5 Å². The Bertz CT molecular complexity index is 932. The maximum absolute atomic E-state index is 12.5. The molecule has 1 amide bonds. The van der Waals surface area contributed by atoms with Crippen LogP contribution in [-0.2, 0) is 11.3 Å². The summed E-state index contributed by atoms with van der Waals surface area (Å²) in [6, 6.07) is 15.8. The van der Waals surface area contributed by atoms with Crippen molar-refractivity contribution in [3.05, 3.63) is 65.2 Å².